The van der Waals surface area contributed by atoms with Crippen LogP contribution in [-0.2, 0) is 11.2 Å². The fourth-order valence-corrected chi connectivity index (χ4v) is 2.54. The van der Waals surface area contributed by atoms with Crippen molar-refractivity contribution in [1.82, 2.24) is 4.90 Å². The van der Waals surface area contributed by atoms with Gasteiger partial charge in [0.1, 0.15) is 0 Å². The fraction of sp³-hybridized carbons (Fsp3) is 0.500. The van der Waals surface area contributed by atoms with Gasteiger partial charge in [0.25, 0.3) is 0 Å². The molecular formula is C14H18BrNO2. The van der Waals surface area contributed by atoms with Crippen LogP contribution in [0.2, 0.25) is 0 Å². The molecule has 0 unspecified atom stereocenters. The lowest BCUT2D eigenvalue weighted by Crippen LogP contribution is -2.51. The first-order chi connectivity index (χ1) is 8.51. The van der Waals surface area contributed by atoms with E-state index in [2.05, 4.69) is 28.1 Å². The number of hydrogen-bond acceptors (Lipinski definition) is 2. The van der Waals surface area contributed by atoms with Gasteiger partial charge in [-0.3, -0.25) is 4.79 Å². The highest BCUT2D eigenvalue weighted by molar-refractivity contribution is 9.10. The van der Waals surface area contributed by atoms with E-state index < -0.39 is 0 Å². The number of aliphatic hydroxyl groups is 1. The molecule has 0 aromatic heterocycles. The van der Waals surface area contributed by atoms with Crippen LogP contribution in [0.4, 0.5) is 0 Å². The number of halogens is 1. The molecule has 0 atom stereocenters. The number of carbonyl (C=O) groups is 1. The SMILES string of the molecule is Cc1cc(CC(=O)N2CC(CO)C2)cc(C)c1Br. The van der Waals surface area contributed by atoms with E-state index in [9.17, 15) is 4.79 Å². The van der Waals surface area contributed by atoms with E-state index in [1.807, 2.05) is 18.7 Å². The molecule has 1 aliphatic rings. The van der Waals surface area contributed by atoms with Gasteiger partial charge in [-0.1, -0.05) is 28.1 Å². The molecule has 1 N–H and O–H groups in total. The number of likely N-dealkylation sites (tertiary alicyclic amines) is 1. The van der Waals surface area contributed by atoms with Crippen molar-refractivity contribution in [3.05, 3.63) is 33.3 Å². The first-order valence-electron chi connectivity index (χ1n) is 6.15. The molecule has 0 radical (unpaired) electrons. The van der Waals surface area contributed by atoms with Crippen LogP contribution in [0, 0.1) is 19.8 Å². The van der Waals surface area contributed by atoms with Gasteiger partial charge in [-0.15, -0.1) is 0 Å². The van der Waals surface area contributed by atoms with E-state index in [1.54, 1.807) is 0 Å². The summed E-state index contributed by atoms with van der Waals surface area (Å²) in [6.07, 6.45) is 0.451. The minimum atomic E-state index is 0.154. The third kappa shape index (κ3) is 2.75. The van der Waals surface area contributed by atoms with Crippen LogP contribution < -0.4 is 0 Å². The summed E-state index contributed by atoms with van der Waals surface area (Å²) >= 11 is 3.53. The van der Waals surface area contributed by atoms with E-state index in [-0.39, 0.29) is 18.4 Å². The lowest BCUT2D eigenvalue weighted by molar-refractivity contribution is -0.137. The standard InChI is InChI=1S/C14H18BrNO2/c1-9-3-11(4-10(2)14(9)15)5-13(18)16-6-12(7-16)8-17/h3-4,12,17H,5-8H2,1-2H3. The molecule has 2 rings (SSSR count). The second-order valence-electron chi connectivity index (χ2n) is 5.07. The van der Waals surface area contributed by atoms with E-state index in [0.29, 0.717) is 19.5 Å². The minimum absolute atomic E-state index is 0.154. The average molecular weight is 312 g/mol. The lowest BCUT2D eigenvalue weighted by atomic mass is 9.99. The van der Waals surface area contributed by atoms with Crippen molar-refractivity contribution in [1.29, 1.82) is 0 Å². The van der Waals surface area contributed by atoms with Gasteiger partial charge in [-0.2, -0.15) is 0 Å². The van der Waals surface area contributed by atoms with E-state index >= 15 is 0 Å². The van der Waals surface area contributed by atoms with E-state index in [4.69, 9.17) is 5.11 Å². The van der Waals surface area contributed by atoms with Gasteiger partial charge in [0.15, 0.2) is 0 Å². The van der Waals surface area contributed by atoms with Crippen LogP contribution in [-0.4, -0.2) is 35.6 Å². The maximum Gasteiger partial charge on any atom is 0.227 e. The summed E-state index contributed by atoms with van der Waals surface area (Å²) in [6.45, 7) is 5.65. The summed E-state index contributed by atoms with van der Waals surface area (Å²) in [7, 11) is 0. The predicted octanol–water partition coefficient (Wildman–Crippen LogP) is 2.06. The van der Waals surface area contributed by atoms with Crippen LogP contribution in [0.25, 0.3) is 0 Å². The zero-order valence-electron chi connectivity index (χ0n) is 10.7. The molecule has 1 heterocycles. The molecule has 3 nitrogen and oxygen atoms in total. The quantitative estimate of drug-likeness (QED) is 0.928. The molecule has 0 spiro atoms. The molecule has 0 aliphatic carbocycles. The minimum Gasteiger partial charge on any atom is -0.396 e. The number of aryl methyl sites for hydroxylation is 2. The number of benzene rings is 1. The molecule has 1 fully saturated rings. The second-order valence-corrected chi connectivity index (χ2v) is 5.86. The number of rotatable bonds is 3. The number of hydrogen-bond donors (Lipinski definition) is 1. The van der Waals surface area contributed by atoms with Crippen LogP contribution in [0.3, 0.4) is 0 Å². The smallest absolute Gasteiger partial charge is 0.227 e. The van der Waals surface area contributed by atoms with Crippen molar-refractivity contribution in [3.63, 3.8) is 0 Å². The van der Waals surface area contributed by atoms with Gasteiger partial charge in [-0.05, 0) is 30.5 Å². The molecule has 1 aromatic carbocycles. The van der Waals surface area contributed by atoms with Crippen LogP contribution >= 0.6 is 15.9 Å². The molecule has 1 saturated heterocycles. The highest BCUT2D eigenvalue weighted by atomic mass is 79.9. The van der Waals surface area contributed by atoms with Gasteiger partial charge in [0, 0.05) is 30.1 Å². The molecule has 98 valence electrons. The van der Waals surface area contributed by atoms with Crippen LogP contribution in [0.15, 0.2) is 16.6 Å². The van der Waals surface area contributed by atoms with Crippen LogP contribution in [0.1, 0.15) is 16.7 Å². The first-order valence-corrected chi connectivity index (χ1v) is 6.94. The van der Waals surface area contributed by atoms with Crippen molar-refractivity contribution in [2.24, 2.45) is 5.92 Å². The van der Waals surface area contributed by atoms with Crippen LogP contribution in [0.5, 0.6) is 0 Å². The third-order valence-corrected chi connectivity index (χ3v) is 4.67. The summed E-state index contributed by atoms with van der Waals surface area (Å²) in [4.78, 5) is 13.8. The Kier molecular flexibility index (Phi) is 4.07. The van der Waals surface area contributed by atoms with E-state index in [0.717, 1.165) is 21.2 Å². The van der Waals surface area contributed by atoms with Crippen molar-refractivity contribution in [2.45, 2.75) is 20.3 Å². The molecule has 1 aromatic rings. The number of nitrogens with zero attached hydrogens (tertiary/aromatic N) is 1. The number of carbonyl (C=O) groups excluding carboxylic acids is 1. The summed E-state index contributed by atoms with van der Waals surface area (Å²) in [6, 6.07) is 4.11. The Morgan fingerprint density at radius 2 is 1.94 bits per heavy atom. The molecule has 0 saturated carbocycles. The summed E-state index contributed by atoms with van der Waals surface area (Å²) in [5.74, 6) is 0.433. The Balaban J connectivity index is 2.00. The zero-order valence-corrected chi connectivity index (χ0v) is 12.3. The summed E-state index contributed by atoms with van der Waals surface area (Å²) in [5, 5.41) is 8.94. The van der Waals surface area contributed by atoms with Crippen molar-refractivity contribution in [2.75, 3.05) is 19.7 Å². The number of aliphatic hydroxyl groups excluding tert-OH is 1. The molecule has 1 amide bonds. The topological polar surface area (TPSA) is 40.5 Å². The average Bonchev–Trinajstić information content (AvgIpc) is 2.24. The maximum absolute atomic E-state index is 12.0. The normalized spacial score (nSPS) is 15.7. The third-order valence-electron chi connectivity index (χ3n) is 3.42. The summed E-state index contributed by atoms with van der Waals surface area (Å²) < 4.78 is 1.11. The molecule has 0 bridgehead atoms. The predicted molar refractivity (Wildman–Crippen MR) is 74.5 cm³/mol. The largest absolute Gasteiger partial charge is 0.396 e. The lowest BCUT2D eigenvalue weighted by Gasteiger charge is -2.38. The first kappa shape index (κ1) is 13.6. The Labute approximate surface area is 116 Å². The molecule has 1 aliphatic heterocycles. The van der Waals surface area contributed by atoms with Gasteiger partial charge in [-0.25, -0.2) is 0 Å². The second kappa shape index (κ2) is 5.41. The highest BCUT2D eigenvalue weighted by Gasteiger charge is 2.29. The Morgan fingerprint density at radius 3 is 2.44 bits per heavy atom. The summed E-state index contributed by atoms with van der Waals surface area (Å²) in [5.41, 5.74) is 3.38. The van der Waals surface area contributed by atoms with Gasteiger partial charge in [0.2, 0.25) is 5.91 Å². The van der Waals surface area contributed by atoms with Gasteiger partial charge >= 0.3 is 0 Å². The zero-order chi connectivity index (χ0) is 13.3. The Morgan fingerprint density at radius 1 is 1.39 bits per heavy atom. The number of amides is 1. The van der Waals surface area contributed by atoms with E-state index in [1.165, 1.54) is 0 Å². The molecule has 4 heteroatoms. The Hall–Kier alpha value is -0.870. The molecular weight excluding hydrogens is 294 g/mol. The maximum atomic E-state index is 12.0. The Bertz CT molecular complexity index is 444. The van der Waals surface area contributed by atoms with Crippen molar-refractivity contribution < 1.29 is 9.90 Å². The van der Waals surface area contributed by atoms with Crippen molar-refractivity contribution in [3.8, 4) is 0 Å². The van der Waals surface area contributed by atoms with Crippen molar-refractivity contribution >= 4 is 21.8 Å². The van der Waals surface area contributed by atoms with Gasteiger partial charge < -0.3 is 10.0 Å². The highest BCUT2D eigenvalue weighted by Crippen LogP contribution is 2.23. The molecule has 18 heavy (non-hydrogen) atoms. The van der Waals surface area contributed by atoms with Gasteiger partial charge in [0.05, 0.1) is 6.42 Å². The fourth-order valence-electron chi connectivity index (χ4n) is 2.31. The monoisotopic (exact) mass is 311 g/mol.